The molecule has 1 saturated carbocycles. The van der Waals surface area contributed by atoms with Crippen molar-refractivity contribution in [2.24, 2.45) is 0 Å². The molecule has 18 heavy (non-hydrogen) atoms. The molecule has 2 heterocycles. The Balaban J connectivity index is 1.46. The third-order valence-electron chi connectivity index (χ3n) is 3.89. The highest BCUT2D eigenvalue weighted by atomic mass is 16.5. The summed E-state index contributed by atoms with van der Waals surface area (Å²) >= 11 is 0. The summed E-state index contributed by atoms with van der Waals surface area (Å²) in [6.45, 7) is 4.03. The third kappa shape index (κ3) is 2.93. The predicted molar refractivity (Wildman–Crippen MR) is 68.6 cm³/mol. The van der Waals surface area contributed by atoms with Crippen LogP contribution in [0.2, 0.25) is 0 Å². The molecule has 2 fully saturated rings. The lowest BCUT2D eigenvalue weighted by Gasteiger charge is -2.09. The van der Waals surface area contributed by atoms with Gasteiger partial charge in [-0.05, 0) is 39.2 Å². The van der Waals surface area contributed by atoms with E-state index < -0.39 is 0 Å². The number of nitrogens with zero attached hydrogens (tertiary/aromatic N) is 1. The summed E-state index contributed by atoms with van der Waals surface area (Å²) in [6, 6.07) is 0.793. The Morgan fingerprint density at radius 1 is 1.39 bits per heavy atom. The van der Waals surface area contributed by atoms with Gasteiger partial charge in [-0.1, -0.05) is 0 Å². The molecule has 3 rings (SSSR count). The van der Waals surface area contributed by atoms with E-state index >= 15 is 0 Å². The number of hydrogen-bond acceptors (Lipinski definition) is 4. The quantitative estimate of drug-likeness (QED) is 0.787. The first kappa shape index (κ1) is 12.2. The molecule has 2 unspecified atom stereocenters. The van der Waals surface area contributed by atoms with E-state index in [1.807, 2.05) is 6.20 Å². The highest BCUT2D eigenvalue weighted by Gasteiger charge is 2.28. The van der Waals surface area contributed by atoms with Crippen LogP contribution in [0.1, 0.15) is 50.2 Å². The molecule has 0 radical (unpaired) electrons. The van der Waals surface area contributed by atoms with E-state index in [-0.39, 0.29) is 6.10 Å². The van der Waals surface area contributed by atoms with Crippen LogP contribution in [0, 0.1) is 0 Å². The van der Waals surface area contributed by atoms with Gasteiger partial charge in [-0.3, -0.25) is 0 Å². The Kier molecular flexibility index (Phi) is 3.66. The number of rotatable bonds is 6. The third-order valence-corrected chi connectivity index (χ3v) is 3.89. The molecule has 2 aliphatic rings. The molecule has 1 aliphatic carbocycles. The van der Waals surface area contributed by atoms with Gasteiger partial charge in [-0.15, -0.1) is 0 Å². The van der Waals surface area contributed by atoms with E-state index in [1.54, 1.807) is 0 Å². The maximum atomic E-state index is 5.84. The maximum Gasteiger partial charge on any atom is 0.194 e. The largest absolute Gasteiger partial charge is 0.445 e. The second-order valence-electron chi connectivity index (χ2n) is 5.46. The zero-order chi connectivity index (χ0) is 12.4. The fraction of sp³-hybridized carbons (Fsp3) is 0.786. The minimum Gasteiger partial charge on any atom is -0.445 e. The van der Waals surface area contributed by atoms with Crippen molar-refractivity contribution in [1.29, 1.82) is 0 Å². The SMILES string of the molecule is CC1OCCC1c1cnc(CCCNC2CC2)o1. The molecule has 0 bridgehead atoms. The molecule has 100 valence electrons. The van der Waals surface area contributed by atoms with Crippen molar-refractivity contribution in [2.75, 3.05) is 13.2 Å². The average Bonchev–Trinajstić information content (AvgIpc) is 2.90. The molecule has 1 saturated heterocycles. The van der Waals surface area contributed by atoms with Crippen molar-refractivity contribution in [1.82, 2.24) is 10.3 Å². The number of ether oxygens (including phenoxy) is 1. The highest BCUT2D eigenvalue weighted by molar-refractivity contribution is 5.06. The van der Waals surface area contributed by atoms with Gasteiger partial charge in [0, 0.05) is 25.0 Å². The van der Waals surface area contributed by atoms with E-state index in [0.29, 0.717) is 5.92 Å². The van der Waals surface area contributed by atoms with Crippen LogP contribution in [-0.2, 0) is 11.2 Å². The van der Waals surface area contributed by atoms with Crippen LogP contribution >= 0.6 is 0 Å². The van der Waals surface area contributed by atoms with Crippen molar-refractivity contribution in [3.05, 3.63) is 17.8 Å². The van der Waals surface area contributed by atoms with Gasteiger partial charge >= 0.3 is 0 Å². The monoisotopic (exact) mass is 250 g/mol. The Labute approximate surface area is 108 Å². The van der Waals surface area contributed by atoms with Gasteiger partial charge in [0.05, 0.1) is 12.3 Å². The van der Waals surface area contributed by atoms with E-state index in [0.717, 1.165) is 50.1 Å². The lowest BCUT2D eigenvalue weighted by molar-refractivity contribution is 0.115. The van der Waals surface area contributed by atoms with Crippen LogP contribution in [0.25, 0.3) is 0 Å². The molecule has 0 aromatic carbocycles. The molecule has 0 spiro atoms. The molecule has 1 aromatic rings. The first-order chi connectivity index (χ1) is 8.83. The van der Waals surface area contributed by atoms with E-state index in [9.17, 15) is 0 Å². The van der Waals surface area contributed by atoms with Gasteiger partial charge in [0.25, 0.3) is 0 Å². The van der Waals surface area contributed by atoms with Crippen molar-refractivity contribution in [2.45, 2.75) is 57.1 Å². The molecule has 4 nitrogen and oxygen atoms in total. The fourth-order valence-electron chi connectivity index (χ4n) is 2.55. The summed E-state index contributed by atoms with van der Waals surface area (Å²) in [5.74, 6) is 2.28. The number of aromatic nitrogens is 1. The molecule has 1 N–H and O–H groups in total. The number of nitrogens with one attached hydrogen (secondary N) is 1. The predicted octanol–water partition coefficient (Wildman–Crippen LogP) is 2.25. The zero-order valence-corrected chi connectivity index (χ0v) is 11.0. The van der Waals surface area contributed by atoms with E-state index in [1.165, 1.54) is 12.8 Å². The standard InChI is InChI=1S/C14H22N2O2/c1-10-12(6-8-17-10)13-9-16-14(18-13)3-2-7-15-11-4-5-11/h9-12,15H,2-8H2,1H3. The average molecular weight is 250 g/mol. The Bertz CT molecular complexity index is 387. The lowest BCUT2D eigenvalue weighted by atomic mass is 10.0. The first-order valence-electron chi connectivity index (χ1n) is 7.12. The molecule has 0 amide bonds. The summed E-state index contributed by atoms with van der Waals surface area (Å²) in [4.78, 5) is 4.38. The van der Waals surface area contributed by atoms with Crippen LogP contribution in [0.15, 0.2) is 10.6 Å². The Hall–Kier alpha value is -0.870. The normalized spacial score (nSPS) is 27.8. The Morgan fingerprint density at radius 3 is 3.00 bits per heavy atom. The maximum absolute atomic E-state index is 5.84. The molecular formula is C14H22N2O2. The summed E-state index contributed by atoms with van der Waals surface area (Å²) in [7, 11) is 0. The van der Waals surface area contributed by atoms with Crippen molar-refractivity contribution in [3.8, 4) is 0 Å². The minimum absolute atomic E-state index is 0.266. The summed E-state index contributed by atoms with van der Waals surface area (Å²) in [6.07, 6.45) is 7.95. The van der Waals surface area contributed by atoms with Crippen LogP contribution in [0.5, 0.6) is 0 Å². The van der Waals surface area contributed by atoms with Crippen LogP contribution in [0.4, 0.5) is 0 Å². The van der Waals surface area contributed by atoms with Crippen LogP contribution in [0.3, 0.4) is 0 Å². The number of aryl methyl sites for hydroxylation is 1. The molecule has 2 atom stereocenters. The molecule has 1 aromatic heterocycles. The van der Waals surface area contributed by atoms with Crippen LogP contribution in [-0.4, -0.2) is 30.3 Å². The first-order valence-corrected chi connectivity index (χ1v) is 7.12. The van der Waals surface area contributed by atoms with Gasteiger partial charge in [0.2, 0.25) is 0 Å². The topological polar surface area (TPSA) is 47.3 Å². The molecular weight excluding hydrogens is 228 g/mol. The van der Waals surface area contributed by atoms with Gasteiger partial charge in [-0.25, -0.2) is 4.98 Å². The fourth-order valence-corrected chi connectivity index (χ4v) is 2.55. The highest BCUT2D eigenvalue weighted by Crippen LogP contribution is 2.31. The van der Waals surface area contributed by atoms with Gasteiger partial charge in [0.15, 0.2) is 5.89 Å². The van der Waals surface area contributed by atoms with E-state index in [4.69, 9.17) is 9.15 Å². The van der Waals surface area contributed by atoms with Crippen molar-refractivity contribution in [3.63, 3.8) is 0 Å². The van der Waals surface area contributed by atoms with Crippen LogP contribution < -0.4 is 5.32 Å². The summed E-state index contributed by atoms with van der Waals surface area (Å²) in [5, 5.41) is 3.51. The number of hydrogen-bond donors (Lipinski definition) is 1. The molecule has 1 aliphatic heterocycles. The second-order valence-corrected chi connectivity index (χ2v) is 5.46. The smallest absolute Gasteiger partial charge is 0.194 e. The second kappa shape index (κ2) is 5.41. The number of oxazole rings is 1. The lowest BCUT2D eigenvalue weighted by Crippen LogP contribution is -2.17. The Morgan fingerprint density at radius 2 is 2.28 bits per heavy atom. The molecule has 4 heteroatoms. The zero-order valence-electron chi connectivity index (χ0n) is 11.0. The summed E-state index contributed by atoms with van der Waals surface area (Å²) < 4.78 is 11.4. The summed E-state index contributed by atoms with van der Waals surface area (Å²) in [5.41, 5.74) is 0. The van der Waals surface area contributed by atoms with Crippen molar-refractivity contribution >= 4 is 0 Å². The van der Waals surface area contributed by atoms with Gasteiger partial charge in [0.1, 0.15) is 5.76 Å². The van der Waals surface area contributed by atoms with Crippen molar-refractivity contribution < 1.29 is 9.15 Å². The van der Waals surface area contributed by atoms with Gasteiger partial charge in [-0.2, -0.15) is 0 Å². The van der Waals surface area contributed by atoms with Gasteiger partial charge < -0.3 is 14.5 Å². The van der Waals surface area contributed by atoms with E-state index in [2.05, 4.69) is 17.2 Å². The minimum atomic E-state index is 0.266.